The lowest BCUT2D eigenvalue weighted by Crippen LogP contribution is -2.42. The van der Waals surface area contributed by atoms with E-state index >= 15 is 0 Å². The summed E-state index contributed by atoms with van der Waals surface area (Å²) in [5, 5.41) is 0. The van der Waals surface area contributed by atoms with Crippen LogP contribution >= 0.6 is 0 Å². The Kier molecular flexibility index (Phi) is 3.61. The summed E-state index contributed by atoms with van der Waals surface area (Å²) >= 11 is 0. The van der Waals surface area contributed by atoms with Crippen LogP contribution in [0, 0.1) is 16.7 Å². The highest BCUT2D eigenvalue weighted by Gasteiger charge is 2.47. The van der Waals surface area contributed by atoms with Crippen LogP contribution in [0.5, 0.6) is 0 Å². The minimum absolute atomic E-state index is 0.0544. The highest BCUT2D eigenvalue weighted by Crippen LogP contribution is 2.49. The maximum absolute atomic E-state index is 11.2. The van der Waals surface area contributed by atoms with E-state index < -0.39 is 6.16 Å². The van der Waals surface area contributed by atoms with Crippen molar-refractivity contribution in [2.24, 2.45) is 16.7 Å². The van der Waals surface area contributed by atoms with E-state index in [2.05, 4.69) is 27.7 Å². The largest absolute Gasteiger partial charge is 0.508 e. The number of carbonyl (C=O) groups is 1. The molecule has 3 nitrogen and oxygen atoms in total. The molecule has 2 rings (SSSR count). The molecule has 0 radical (unpaired) electrons. The van der Waals surface area contributed by atoms with Gasteiger partial charge < -0.3 is 9.47 Å². The molecule has 2 aliphatic rings. The van der Waals surface area contributed by atoms with Crippen LogP contribution in [0.3, 0.4) is 0 Å². The van der Waals surface area contributed by atoms with Gasteiger partial charge in [-0.15, -0.1) is 0 Å². The van der Waals surface area contributed by atoms with Gasteiger partial charge in [-0.2, -0.15) is 0 Å². The van der Waals surface area contributed by atoms with E-state index in [-0.39, 0.29) is 11.5 Å². The topological polar surface area (TPSA) is 35.5 Å². The van der Waals surface area contributed by atoms with Gasteiger partial charge in [0.25, 0.3) is 0 Å². The Hall–Kier alpha value is -0.730. The Bertz CT molecular complexity index is 314. The molecular weight excluding hydrogens is 228 g/mol. The van der Waals surface area contributed by atoms with Gasteiger partial charge in [0.1, 0.15) is 12.7 Å². The first-order valence-corrected chi connectivity index (χ1v) is 7.21. The van der Waals surface area contributed by atoms with Gasteiger partial charge in [-0.25, -0.2) is 4.79 Å². The molecule has 0 aromatic carbocycles. The molecule has 18 heavy (non-hydrogen) atoms. The zero-order chi connectivity index (χ0) is 13.4. The van der Waals surface area contributed by atoms with Gasteiger partial charge in [0, 0.05) is 5.41 Å². The average molecular weight is 254 g/mol. The summed E-state index contributed by atoms with van der Waals surface area (Å²) < 4.78 is 10.3. The molecule has 0 spiro atoms. The van der Waals surface area contributed by atoms with Crippen molar-refractivity contribution in [3.8, 4) is 0 Å². The smallest absolute Gasteiger partial charge is 0.430 e. The third kappa shape index (κ3) is 2.50. The summed E-state index contributed by atoms with van der Waals surface area (Å²) in [6.07, 6.45) is 5.52. The lowest BCUT2D eigenvalue weighted by molar-refractivity contribution is -0.0202. The summed E-state index contributed by atoms with van der Waals surface area (Å²) in [7, 11) is 0. The molecule has 2 unspecified atom stereocenters. The first-order chi connectivity index (χ1) is 8.37. The van der Waals surface area contributed by atoms with Gasteiger partial charge in [-0.3, -0.25) is 0 Å². The van der Waals surface area contributed by atoms with Crippen LogP contribution in [-0.4, -0.2) is 18.9 Å². The minimum atomic E-state index is -0.490. The normalized spacial score (nSPS) is 31.6. The molecule has 0 aromatic rings. The highest BCUT2D eigenvalue weighted by atomic mass is 16.8. The third-order valence-corrected chi connectivity index (χ3v) is 5.36. The van der Waals surface area contributed by atoms with E-state index in [0.717, 1.165) is 6.42 Å². The molecule has 0 aromatic heterocycles. The Balaban J connectivity index is 2.06. The Morgan fingerprint density at radius 2 is 1.94 bits per heavy atom. The fraction of sp³-hybridized carbons (Fsp3) is 0.933. The van der Waals surface area contributed by atoms with Crippen LogP contribution < -0.4 is 0 Å². The van der Waals surface area contributed by atoms with Crippen LogP contribution in [-0.2, 0) is 9.47 Å². The van der Waals surface area contributed by atoms with Crippen LogP contribution in [0.15, 0.2) is 0 Å². The van der Waals surface area contributed by atoms with Crippen molar-refractivity contribution in [1.29, 1.82) is 0 Å². The number of carbonyl (C=O) groups excluding carboxylic acids is 1. The zero-order valence-corrected chi connectivity index (χ0v) is 12.1. The van der Waals surface area contributed by atoms with Crippen molar-refractivity contribution >= 4 is 6.16 Å². The lowest BCUT2D eigenvalue weighted by atomic mass is 9.61. The van der Waals surface area contributed by atoms with E-state index in [4.69, 9.17) is 9.47 Å². The second kappa shape index (κ2) is 4.75. The number of hydrogen-bond acceptors (Lipinski definition) is 3. The van der Waals surface area contributed by atoms with Gasteiger partial charge in [0.15, 0.2) is 0 Å². The number of cyclic esters (lactones) is 2. The van der Waals surface area contributed by atoms with Crippen molar-refractivity contribution in [2.45, 2.75) is 65.9 Å². The van der Waals surface area contributed by atoms with Gasteiger partial charge in [-0.1, -0.05) is 27.7 Å². The van der Waals surface area contributed by atoms with Crippen molar-refractivity contribution in [3.05, 3.63) is 0 Å². The van der Waals surface area contributed by atoms with Gasteiger partial charge in [0.05, 0.1) is 0 Å². The summed E-state index contributed by atoms with van der Waals surface area (Å²) in [5.41, 5.74) is 0.552. The average Bonchev–Trinajstić information content (AvgIpc) is 2.75. The Morgan fingerprint density at radius 3 is 2.39 bits per heavy atom. The van der Waals surface area contributed by atoms with Crippen molar-refractivity contribution in [2.75, 3.05) is 6.61 Å². The predicted octanol–water partition coefficient (Wildman–Crippen LogP) is 4.15. The maximum atomic E-state index is 11.2. The molecule has 1 aliphatic heterocycles. The van der Waals surface area contributed by atoms with E-state index in [1.54, 1.807) is 0 Å². The van der Waals surface area contributed by atoms with Crippen molar-refractivity contribution in [1.82, 2.24) is 0 Å². The molecular formula is C15H26O3. The monoisotopic (exact) mass is 254 g/mol. The quantitative estimate of drug-likeness (QED) is 0.710. The highest BCUT2D eigenvalue weighted by molar-refractivity contribution is 5.62. The molecule has 1 saturated heterocycles. The number of hydrogen-bond donors (Lipinski definition) is 0. The Morgan fingerprint density at radius 1 is 1.33 bits per heavy atom. The first-order valence-electron chi connectivity index (χ1n) is 7.21. The van der Waals surface area contributed by atoms with Gasteiger partial charge >= 0.3 is 6.16 Å². The fourth-order valence-corrected chi connectivity index (χ4v) is 3.49. The summed E-state index contributed by atoms with van der Waals surface area (Å²) in [6.45, 7) is 9.61. The van der Waals surface area contributed by atoms with Crippen LogP contribution in [0.2, 0.25) is 0 Å². The molecule has 2 fully saturated rings. The molecule has 1 saturated carbocycles. The molecule has 0 bridgehead atoms. The Labute approximate surface area is 110 Å². The molecule has 2 atom stereocenters. The standard InChI is InChI=1S/C15H26O3/c1-5-15(4,12-10-17-13(16)18-12)11-6-8-14(2,3)9-7-11/h11-12H,5-10H2,1-4H3. The molecule has 0 N–H and O–H groups in total. The van der Waals surface area contributed by atoms with Gasteiger partial charge in [-0.05, 0) is 43.4 Å². The fourth-order valence-electron chi connectivity index (χ4n) is 3.49. The number of ether oxygens (including phenoxy) is 2. The zero-order valence-electron chi connectivity index (χ0n) is 12.1. The van der Waals surface area contributed by atoms with Gasteiger partial charge in [0.2, 0.25) is 0 Å². The van der Waals surface area contributed by atoms with Crippen molar-refractivity contribution in [3.63, 3.8) is 0 Å². The van der Waals surface area contributed by atoms with E-state index in [9.17, 15) is 4.79 Å². The SMILES string of the molecule is CCC(C)(C1CCC(C)(C)CC1)C1COC(=O)O1. The third-order valence-electron chi connectivity index (χ3n) is 5.36. The van der Waals surface area contributed by atoms with E-state index in [1.165, 1.54) is 25.7 Å². The van der Waals surface area contributed by atoms with Crippen LogP contribution in [0.25, 0.3) is 0 Å². The lowest BCUT2D eigenvalue weighted by Gasteiger charge is -2.45. The molecule has 1 aliphatic carbocycles. The van der Waals surface area contributed by atoms with Crippen LogP contribution in [0.1, 0.15) is 59.8 Å². The molecule has 1 heterocycles. The van der Waals surface area contributed by atoms with E-state index in [1.807, 2.05) is 0 Å². The second-order valence-corrected chi connectivity index (χ2v) is 6.97. The van der Waals surface area contributed by atoms with Crippen LogP contribution in [0.4, 0.5) is 4.79 Å². The maximum Gasteiger partial charge on any atom is 0.508 e. The molecule has 0 amide bonds. The summed E-state index contributed by atoms with van der Waals surface area (Å²) in [4.78, 5) is 11.2. The summed E-state index contributed by atoms with van der Waals surface area (Å²) in [6, 6.07) is 0. The summed E-state index contributed by atoms with van der Waals surface area (Å²) in [5.74, 6) is 0.648. The first kappa shape index (κ1) is 13.7. The molecule has 3 heteroatoms. The second-order valence-electron chi connectivity index (χ2n) is 6.97. The minimum Gasteiger partial charge on any atom is -0.430 e. The van der Waals surface area contributed by atoms with Crippen molar-refractivity contribution < 1.29 is 14.3 Å². The number of rotatable bonds is 3. The predicted molar refractivity (Wildman–Crippen MR) is 70.4 cm³/mol. The molecule has 104 valence electrons. The van der Waals surface area contributed by atoms with E-state index in [0.29, 0.717) is 17.9 Å².